The monoisotopic (exact) mass is 323 g/mol. The van der Waals surface area contributed by atoms with Crippen LogP contribution in [0.15, 0.2) is 23.1 Å². The SMILES string of the molecule is COCCN1CCOC[C@@]2(CC[C@@H](Cn3ncccc3=O)O2)C1. The predicted octanol–water partition coefficient (Wildman–Crippen LogP) is 0.140. The van der Waals surface area contributed by atoms with Crippen LogP contribution in [0.5, 0.6) is 0 Å². The molecular weight excluding hydrogens is 298 g/mol. The van der Waals surface area contributed by atoms with Crippen LogP contribution in [0.4, 0.5) is 0 Å². The maximum Gasteiger partial charge on any atom is 0.266 e. The molecule has 0 unspecified atom stereocenters. The number of aromatic nitrogens is 2. The van der Waals surface area contributed by atoms with E-state index >= 15 is 0 Å². The highest BCUT2D eigenvalue weighted by molar-refractivity contribution is 4.94. The van der Waals surface area contributed by atoms with E-state index in [1.54, 1.807) is 19.4 Å². The molecule has 23 heavy (non-hydrogen) atoms. The van der Waals surface area contributed by atoms with E-state index in [1.165, 1.54) is 10.7 Å². The third-order valence-electron chi connectivity index (χ3n) is 4.54. The molecule has 7 nitrogen and oxygen atoms in total. The average Bonchev–Trinajstić information content (AvgIpc) is 2.82. The molecule has 0 aromatic carbocycles. The summed E-state index contributed by atoms with van der Waals surface area (Å²) in [6.45, 7) is 5.18. The molecule has 2 aliphatic heterocycles. The van der Waals surface area contributed by atoms with E-state index in [0.29, 0.717) is 19.8 Å². The van der Waals surface area contributed by atoms with Gasteiger partial charge in [-0.05, 0) is 18.9 Å². The second kappa shape index (κ2) is 7.53. The minimum absolute atomic E-state index is 0.00794. The van der Waals surface area contributed by atoms with Crippen LogP contribution >= 0.6 is 0 Å². The van der Waals surface area contributed by atoms with Crippen molar-refractivity contribution in [1.29, 1.82) is 0 Å². The third-order valence-corrected chi connectivity index (χ3v) is 4.54. The first-order chi connectivity index (χ1) is 11.2. The van der Waals surface area contributed by atoms with Gasteiger partial charge in [-0.25, -0.2) is 4.68 Å². The molecule has 2 fully saturated rings. The second-order valence-corrected chi connectivity index (χ2v) is 6.33. The van der Waals surface area contributed by atoms with E-state index in [2.05, 4.69) is 10.00 Å². The summed E-state index contributed by atoms with van der Waals surface area (Å²) in [4.78, 5) is 14.1. The highest BCUT2D eigenvalue weighted by Crippen LogP contribution is 2.33. The van der Waals surface area contributed by atoms with E-state index in [-0.39, 0.29) is 17.3 Å². The van der Waals surface area contributed by atoms with Gasteiger partial charge in [-0.1, -0.05) is 0 Å². The molecule has 2 aliphatic rings. The van der Waals surface area contributed by atoms with E-state index < -0.39 is 0 Å². The highest BCUT2D eigenvalue weighted by Gasteiger charge is 2.43. The summed E-state index contributed by atoms with van der Waals surface area (Å²) in [7, 11) is 1.72. The second-order valence-electron chi connectivity index (χ2n) is 6.33. The quantitative estimate of drug-likeness (QED) is 0.768. The van der Waals surface area contributed by atoms with Gasteiger partial charge in [-0.2, -0.15) is 5.10 Å². The van der Waals surface area contributed by atoms with E-state index in [4.69, 9.17) is 14.2 Å². The first-order valence-electron chi connectivity index (χ1n) is 8.20. The molecule has 2 saturated heterocycles. The fourth-order valence-corrected chi connectivity index (χ4v) is 3.36. The van der Waals surface area contributed by atoms with E-state index in [0.717, 1.165) is 39.1 Å². The van der Waals surface area contributed by atoms with Gasteiger partial charge in [0.25, 0.3) is 5.56 Å². The molecule has 1 aromatic rings. The molecule has 0 N–H and O–H groups in total. The smallest absolute Gasteiger partial charge is 0.266 e. The molecule has 0 amide bonds. The number of nitrogens with zero attached hydrogens (tertiary/aromatic N) is 3. The number of hydrogen-bond donors (Lipinski definition) is 0. The van der Waals surface area contributed by atoms with Crippen LogP contribution in [0.1, 0.15) is 12.8 Å². The predicted molar refractivity (Wildman–Crippen MR) is 84.5 cm³/mol. The minimum atomic E-state index is -0.271. The Kier molecular flexibility index (Phi) is 5.42. The van der Waals surface area contributed by atoms with Crippen LogP contribution in [0.25, 0.3) is 0 Å². The van der Waals surface area contributed by atoms with Crippen molar-refractivity contribution in [2.75, 3.05) is 46.6 Å². The van der Waals surface area contributed by atoms with Gasteiger partial charge in [0.15, 0.2) is 0 Å². The molecular formula is C16H25N3O4. The molecule has 0 aliphatic carbocycles. The highest BCUT2D eigenvalue weighted by atomic mass is 16.6. The maximum absolute atomic E-state index is 11.8. The van der Waals surface area contributed by atoms with E-state index in [9.17, 15) is 4.79 Å². The number of rotatable bonds is 5. The van der Waals surface area contributed by atoms with Gasteiger partial charge in [0.2, 0.25) is 0 Å². The molecule has 3 heterocycles. The molecule has 7 heteroatoms. The lowest BCUT2D eigenvalue weighted by atomic mass is 10.00. The molecule has 1 aromatic heterocycles. The summed E-state index contributed by atoms with van der Waals surface area (Å²) >= 11 is 0. The maximum atomic E-state index is 11.8. The topological polar surface area (TPSA) is 65.8 Å². The Morgan fingerprint density at radius 1 is 1.52 bits per heavy atom. The van der Waals surface area contributed by atoms with Crippen LogP contribution in [0, 0.1) is 0 Å². The number of hydrogen-bond acceptors (Lipinski definition) is 6. The lowest BCUT2D eigenvalue weighted by molar-refractivity contribution is -0.0909. The molecule has 0 bridgehead atoms. The number of ether oxygens (including phenoxy) is 3. The first kappa shape index (κ1) is 16.6. The molecule has 128 valence electrons. The Morgan fingerprint density at radius 3 is 3.26 bits per heavy atom. The summed E-state index contributed by atoms with van der Waals surface area (Å²) in [6, 6.07) is 3.18. The van der Waals surface area contributed by atoms with Gasteiger partial charge in [0.1, 0.15) is 5.60 Å². The fraction of sp³-hybridized carbons (Fsp3) is 0.750. The Morgan fingerprint density at radius 2 is 2.43 bits per heavy atom. The summed E-state index contributed by atoms with van der Waals surface area (Å²) in [5.74, 6) is 0. The summed E-state index contributed by atoms with van der Waals surface area (Å²) in [5.41, 5.74) is -0.358. The van der Waals surface area contributed by atoms with Gasteiger partial charge in [0.05, 0.1) is 32.5 Å². The van der Waals surface area contributed by atoms with Crippen molar-refractivity contribution in [3.63, 3.8) is 0 Å². The number of methoxy groups -OCH3 is 1. The van der Waals surface area contributed by atoms with Crippen molar-refractivity contribution in [3.05, 3.63) is 28.7 Å². The van der Waals surface area contributed by atoms with Crippen molar-refractivity contribution >= 4 is 0 Å². The van der Waals surface area contributed by atoms with Gasteiger partial charge in [-0.15, -0.1) is 0 Å². The Hall–Kier alpha value is -1.28. The van der Waals surface area contributed by atoms with Crippen molar-refractivity contribution in [3.8, 4) is 0 Å². The summed E-state index contributed by atoms with van der Waals surface area (Å²) in [5, 5.41) is 4.12. The minimum Gasteiger partial charge on any atom is -0.383 e. The molecule has 1 spiro atoms. The zero-order chi connectivity index (χ0) is 16.1. The Labute approximate surface area is 136 Å². The van der Waals surface area contributed by atoms with E-state index in [1.807, 2.05) is 0 Å². The van der Waals surface area contributed by atoms with Gasteiger partial charge in [-0.3, -0.25) is 9.69 Å². The van der Waals surface area contributed by atoms with Gasteiger partial charge >= 0.3 is 0 Å². The van der Waals surface area contributed by atoms with Crippen molar-refractivity contribution in [2.45, 2.75) is 31.1 Å². The first-order valence-corrected chi connectivity index (χ1v) is 8.20. The van der Waals surface area contributed by atoms with Crippen LogP contribution in [0.3, 0.4) is 0 Å². The summed E-state index contributed by atoms with van der Waals surface area (Å²) in [6.07, 6.45) is 3.51. The fourth-order valence-electron chi connectivity index (χ4n) is 3.36. The van der Waals surface area contributed by atoms with Crippen LogP contribution in [-0.4, -0.2) is 73.0 Å². The van der Waals surface area contributed by atoms with Crippen molar-refractivity contribution in [2.24, 2.45) is 0 Å². The lowest BCUT2D eigenvalue weighted by Gasteiger charge is -2.31. The van der Waals surface area contributed by atoms with Crippen LogP contribution < -0.4 is 5.56 Å². The zero-order valence-corrected chi connectivity index (χ0v) is 13.6. The van der Waals surface area contributed by atoms with Crippen molar-refractivity contribution < 1.29 is 14.2 Å². The average molecular weight is 323 g/mol. The summed E-state index contributed by atoms with van der Waals surface area (Å²) < 4.78 is 18.8. The normalized spacial score (nSPS) is 29.0. The zero-order valence-electron chi connectivity index (χ0n) is 13.6. The Bertz CT molecular complexity index is 564. The third kappa shape index (κ3) is 4.17. The molecule has 0 saturated carbocycles. The molecule has 3 rings (SSSR count). The van der Waals surface area contributed by atoms with Crippen LogP contribution in [0.2, 0.25) is 0 Å². The molecule has 2 atom stereocenters. The lowest BCUT2D eigenvalue weighted by Crippen LogP contribution is -2.45. The largest absolute Gasteiger partial charge is 0.383 e. The van der Waals surface area contributed by atoms with Gasteiger partial charge < -0.3 is 14.2 Å². The standard InChI is InChI=1S/C16H25N3O4/c1-21-9-7-18-8-10-22-13-16(12-18)5-4-14(23-16)11-19-15(20)3-2-6-17-19/h2-3,6,14H,4-5,7-13H2,1H3/t14-,16+/m0/s1. The van der Waals surface area contributed by atoms with Gasteiger partial charge in [0, 0.05) is 39.0 Å². The Balaban J connectivity index is 1.62. The molecule has 0 radical (unpaired) electrons. The van der Waals surface area contributed by atoms with Crippen molar-refractivity contribution in [1.82, 2.24) is 14.7 Å². The van der Waals surface area contributed by atoms with Crippen LogP contribution in [-0.2, 0) is 20.8 Å².